The third kappa shape index (κ3) is 7.59. The first-order valence-electron chi connectivity index (χ1n) is 12.7. The van der Waals surface area contributed by atoms with Crippen LogP contribution in [0.25, 0.3) is 0 Å². The monoisotopic (exact) mass is 459 g/mol. The van der Waals surface area contributed by atoms with Gasteiger partial charge < -0.3 is 25.2 Å². The number of unbranched alkanes of at least 4 members (excludes halogenated alkanes) is 1. The van der Waals surface area contributed by atoms with Crippen molar-refractivity contribution < 1.29 is 14.3 Å². The largest absolute Gasteiger partial charge is 0.467 e. The van der Waals surface area contributed by atoms with Gasteiger partial charge in [-0.3, -0.25) is 0 Å². The quantitative estimate of drug-likeness (QED) is 0.348. The van der Waals surface area contributed by atoms with E-state index in [2.05, 4.69) is 27.7 Å². The van der Waals surface area contributed by atoms with E-state index in [0.29, 0.717) is 25.6 Å². The number of anilines is 1. The molecule has 1 aromatic rings. The van der Waals surface area contributed by atoms with Gasteiger partial charge in [-0.25, -0.2) is 14.6 Å². The molecular weight excluding hydrogens is 418 g/mol. The zero-order valence-electron chi connectivity index (χ0n) is 20.6. The average molecular weight is 460 g/mol. The lowest BCUT2D eigenvalue weighted by Crippen LogP contribution is -2.49. The molecule has 1 aliphatic heterocycles. The van der Waals surface area contributed by atoms with Crippen LogP contribution in [-0.2, 0) is 22.4 Å². The highest BCUT2D eigenvalue weighted by Gasteiger charge is 2.30. The number of methoxy groups -OCH3 is 1. The number of urea groups is 1. The molecule has 184 valence electrons. The Morgan fingerprint density at radius 1 is 1.21 bits per heavy atom. The van der Waals surface area contributed by atoms with Crippen molar-refractivity contribution in [2.45, 2.75) is 77.3 Å². The van der Waals surface area contributed by atoms with Gasteiger partial charge in [-0.15, -0.1) is 0 Å². The fourth-order valence-electron chi connectivity index (χ4n) is 4.48. The van der Waals surface area contributed by atoms with E-state index in [9.17, 15) is 9.59 Å². The van der Waals surface area contributed by atoms with E-state index in [1.165, 1.54) is 31.9 Å². The number of carbonyl (C=O) groups excluding carboxylic acids is 2. The van der Waals surface area contributed by atoms with Crippen molar-refractivity contribution in [3.63, 3.8) is 0 Å². The van der Waals surface area contributed by atoms with Crippen molar-refractivity contribution in [1.82, 2.24) is 20.1 Å². The number of aromatic nitrogens is 1. The Balaban J connectivity index is 1.45. The highest BCUT2D eigenvalue weighted by molar-refractivity contribution is 5.83. The number of carbonyl (C=O) groups is 2. The second-order valence-corrected chi connectivity index (χ2v) is 9.05. The Morgan fingerprint density at radius 3 is 2.70 bits per heavy atom. The standard InChI is InChI=1S/C25H41N5O3/c1-4-29(5-2)25(32)28-22(24(31)33-3)15-18-30(21-13-14-21)17-7-6-10-20-12-11-19-9-8-16-26-23(19)27-20/h11-12,21-22H,4-10,13-18H2,1-3H3,(H,26,27)(H,28,32)/t22-/m0/s1. The summed E-state index contributed by atoms with van der Waals surface area (Å²) >= 11 is 0. The van der Waals surface area contributed by atoms with Crippen LogP contribution in [0.1, 0.15) is 63.6 Å². The van der Waals surface area contributed by atoms with Crippen molar-refractivity contribution in [2.75, 3.05) is 45.2 Å². The van der Waals surface area contributed by atoms with Crippen molar-refractivity contribution in [2.24, 2.45) is 0 Å². The molecule has 33 heavy (non-hydrogen) atoms. The Bertz CT molecular complexity index is 779. The molecule has 1 fully saturated rings. The van der Waals surface area contributed by atoms with Crippen LogP contribution in [0, 0.1) is 0 Å². The summed E-state index contributed by atoms with van der Waals surface area (Å²) in [7, 11) is 1.38. The normalized spacial score (nSPS) is 16.0. The minimum Gasteiger partial charge on any atom is -0.467 e. The fraction of sp³-hybridized carbons (Fsp3) is 0.720. The van der Waals surface area contributed by atoms with Crippen molar-refractivity contribution in [3.8, 4) is 0 Å². The van der Waals surface area contributed by atoms with Gasteiger partial charge in [0.1, 0.15) is 11.9 Å². The molecule has 2 N–H and O–H groups in total. The minimum atomic E-state index is -0.614. The number of fused-ring (bicyclic) bond motifs is 1. The van der Waals surface area contributed by atoms with Crippen molar-refractivity contribution >= 4 is 17.8 Å². The molecule has 0 radical (unpaired) electrons. The number of pyridine rings is 1. The second-order valence-electron chi connectivity index (χ2n) is 9.05. The first-order valence-corrected chi connectivity index (χ1v) is 12.7. The number of nitrogens with one attached hydrogen (secondary N) is 2. The minimum absolute atomic E-state index is 0.208. The molecule has 2 aliphatic rings. The summed E-state index contributed by atoms with van der Waals surface area (Å²) < 4.78 is 4.95. The number of hydrogen-bond acceptors (Lipinski definition) is 6. The molecule has 0 spiro atoms. The van der Waals surface area contributed by atoms with E-state index in [4.69, 9.17) is 9.72 Å². The lowest BCUT2D eigenvalue weighted by molar-refractivity contribution is -0.143. The second kappa shape index (κ2) is 12.8. The zero-order valence-corrected chi connectivity index (χ0v) is 20.6. The molecule has 8 nitrogen and oxygen atoms in total. The lowest BCUT2D eigenvalue weighted by atomic mass is 10.1. The molecule has 0 unspecified atom stereocenters. The maximum atomic E-state index is 12.4. The highest BCUT2D eigenvalue weighted by atomic mass is 16.5. The smallest absolute Gasteiger partial charge is 0.328 e. The van der Waals surface area contributed by atoms with Gasteiger partial charge in [-0.2, -0.15) is 0 Å². The topological polar surface area (TPSA) is 86.8 Å². The van der Waals surface area contributed by atoms with Crippen LogP contribution in [0.3, 0.4) is 0 Å². The van der Waals surface area contributed by atoms with Crippen molar-refractivity contribution in [3.05, 3.63) is 23.4 Å². The van der Waals surface area contributed by atoms with E-state index in [0.717, 1.165) is 56.8 Å². The molecule has 0 bridgehead atoms. The van der Waals surface area contributed by atoms with Gasteiger partial charge >= 0.3 is 12.0 Å². The molecule has 1 saturated carbocycles. The molecule has 1 aromatic heterocycles. The fourth-order valence-corrected chi connectivity index (χ4v) is 4.48. The van der Waals surface area contributed by atoms with E-state index in [-0.39, 0.29) is 12.0 Å². The van der Waals surface area contributed by atoms with Gasteiger partial charge in [0, 0.05) is 37.9 Å². The van der Waals surface area contributed by atoms with Gasteiger partial charge in [0.15, 0.2) is 0 Å². The van der Waals surface area contributed by atoms with E-state index >= 15 is 0 Å². The van der Waals surface area contributed by atoms with Crippen molar-refractivity contribution in [1.29, 1.82) is 0 Å². The van der Waals surface area contributed by atoms with Gasteiger partial charge in [-0.1, -0.05) is 6.07 Å². The number of hydrogen-bond donors (Lipinski definition) is 2. The summed E-state index contributed by atoms with van der Waals surface area (Å²) in [6.45, 7) is 7.89. The highest BCUT2D eigenvalue weighted by Crippen LogP contribution is 2.27. The molecule has 3 rings (SSSR count). The summed E-state index contributed by atoms with van der Waals surface area (Å²) in [5.74, 6) is 0.692. The molecule has 0 aromatic carbocycles. The van der Waals surface area contributed by atoms with Crippen LogP contribution in [0.15, 0.2) is 12.1 Å². The molecule has 0 saturated heterocycles. The Morgan fingerprint density at radius 2 is 2.00 bits per heavy atom. The van der Waals surface area contributed by atoms with Crippen LogP contribution < -0.4 is 10.6 Å². The predicted molar refractivity (Wildman–Crippen MR) is 130 cm³/mol. The summed E-state index contributed by atoms with van der Waals surface area (Å²) in [5, 5.41) is 6.28. The summed E-state index contributed by atoms with van der Waals surface area (Å²) in [4.78, 5) is 33.7. The maximum absolute atomic E-state index is 12.4. The van der Waals surface area contributed by atoms with E-state index < -0.39 is 6.04 Å². The third-order valence-electron chi connectivity index (χ3n) is 6.68. The zero-order chi connectivity index (χ0) is 23.6. The number of aryl methyl sites for hydroxylation is 2. The van der Waals surface area contributed by atoms with Crippen LogP contribution in [-0.4, -0.2) is 78.7 Å². The third-order valence-corrected chi connectivity index (χ3v) is 6.68. The Labute approximate surface area is 198 Å². The Hall–Kier alpha value is -2.35. The first kappa shape index (κ1) is 25.3. The van der Waals surface area contributed by atoms with Gasteiger partial charge in [-0.05, 0) is 83.4 Å². The number of ether oxygens (including phenoxy) is 1. The van der Waals surface area contributed by atoms with Gasteiger partial charge in [0.05, 0.1) is 7.11 Å². The SMILES string of the molecule is CCN(CC)C(=O)N[C@@H](CCN(CCCCc1ccc2c(n1)NCCC2)C1CC1)C(=O)OC. The van der Waals surface area contributed by atoms with Crippen LogP contribution >= 0.6 is 0 Å². The molecule has 1 aliphatic carbocycles. The molecule has 1 atom stereocenters. The maximum Gasteiger partial charge on any atom is 0.328 e. The summed E-state index contributed by atoms with van der Waals surface area (Å²) in [6, 6.07) is 4.17. The lowest BCUT2D eigenvalue weighted by Gasteiger charge is -2.26. The first-order chi connectivity index (χ1) is 16.0. The number of nitrogens with zero attached hydrogens (tertiary/aromatic N) is 3. The predicted octanol–water partition coefficient (Wildman–Crippen LogP) is 3.21. The molecule has 2 heterocycles. The summed E-state index contributed by atoms with van der Waals surface area (Å²) in [5.41, 5.74) is 2.49. The molecule has 8 heteroatoms. The number of rotatable bonds is 13. The summed E-state index contributed by atoms with van der Waals surface area (Å²) in [6.07, 6.45) is 8.46. The van der Waals surface area contributed by atoms with Crippen LogP contribution in [0.5, 0.6) is 0 Å². The van der Waals surface area contributed by atoms with Gasteiger partial charge in [0.2, 0.25) is 0 Å². The van der Waals surface area contributed by atoms with Crippen LogP contribution in [0.2, 0.25) is 0 Å². The average Bonchev–Trinajstić information content (AvgIpc) is 3.68. The van der Waals surface area contributed by atoms with E-state index in [1.54, 1.807) is 4.90 Å². The number of amides is 2. The molecule has 2 amide bonds. The molecular formula is C25H41N5O3. The Kier molecular flexibility index (Phi) is 9.78. The number of esters is 1. The van der Waals surface area contributed by atoms with Gasteiger partial charge in [0.25, 0.3) is 0 Å². The van der Waals surface area contributed by atoms with Crippen LogP contribution in [0.4, 0.5) is 10.6 Å². The van der Waals surface area contributed by atoms with E-state index in [1.807, 2.05) is 13.8 Å².